The molecule has 1 atom stereocenters. The van der Waals surface area contributed by atoms with Crippen LogP contribution in [0.5, 0.6) is 0 Å². The summed E-state index contributed by atoms with van der Waals surface area (Å²) in [4.78, 5) is 18.8. The number of aliphatic hydroxyl groups excluding tert-OH is 1. The summed E-state index contributed by atoms with van der Waals surface area (Å²) in [6.07, 6.45) is 1.39. The number of nitrogens with zero attached hydrogens (tertiary/aromatic N) is 2. The van der Waals surface area contributed by atoms with E-state index in [2.05, 4.69) is 10.3 Å². The van der Waals surface area contributed by atoms with Crippen molar-refractivity contribution in [1.29, 1.82) is 0 Å². The molecule has 9 heteroatoms. The third-order valence-electron chi connectivity index (χ3n) is 5.51. The van der Waals surface area contributed by atoms with E-state index in [1.165, 1.54) is 31.0 Å². The molecule has 184 valence electrons. The first-order valence-corrected chi connectivity index (χ1v) is 11.4. The van der Waals surface area contributed by atoms with Gasteiger partial charge in [-0.15, -0.1) is 0 Å². The number of aliphatic imine (C=N–C) groups is 1. The second-order valence-electron chi connectivity index (χ2n) is 8.15. The summed E-state index contributed by atoms with van der Waals surface area (Å²) in [5, 5.41) is 11.7. The van der Waals surface area contributed by atoms with E-state index in [0.717, 1.165) is 5.56 Å². The van der Waals surface area contributed by atoms with E-state index in [4.69, 9.17) is 9.84 Å². The normalized spacial score (nSPS) is 16.8. The summed E-state index contributed by atoms with van der Waals surface area (Å²) in [6, 6.07) is 6.14. The van der Waals surface area contributed by atoms with Crippen LogP contribution in [0.2, 0.25) is 0 Å². The smallest absolute Gasteiger partial charge is 0.265 e. The first kappa shape index (κ1) is 26.7. The first-order chi connectivity index (χ1) is 15.7. The Labute approximate surface area is 193 Å². The number of halogens is 3. The average molecular weight is 470 g/mol. The summed E-state index contributed by atoms with van der Waals surface area (Å²) < 4.78 is 47.5. The van der Waals surface area contributed by atoms with Crippen molar-refractivity contribution in [1.82, 2.24) is 10.2 Å². The van der Waals surface area contributed by atoms with Crippen LogP contribution in [0.15, 0.2) is 40.7 Å². The molecule has 1 heterocycles. The standard InChI is InChI=1S/C24H34F3N3O3/c1-4-24(26,27)16-30(3)21-20(22(32)28-13-6-14-31)12-9-18(23(29-21)33-5-2)15-17-7-10-19(25)11-8-17/h7-8,10-11,18,31H,4-6,9,12-16H2,1-3H3,(H,28,32). The van der Waals surface area contributed by atoms with Gasteiger partial charge >= 0.3 is 0 Å². The number of carbonyl (C=O) groups excluding carboxylic acids is 1. The van der Waals surface area contributed by atoms with Crippen LogP contribution in [0.3, 0.4) is 0 Å². The Morgan fingerprint density at radius 3 is 2.61 bits per heavy atom. The van der Waals surface area contributed by atoms with Gasteiger partial charge in [0.1, 0.15) is 11.6 Å². The highest BCUT2D eigenvalue weighted by molar-refractivity contribution is 5.95. The van der Waals surface area contributed by atoms with Crippen molar-refractivity contribution in [2.75, 3.05) is 33.4 Å². The Morgan fingerprint density at radius 1 is 1.30 bits per heavy atom. The second-order valence-corrected chi connectivity index (χ2v) is 8.15. The average Bonchev–Trinajstić information content (AvgIpc) is 2.95. The van der Waals surface area contributed by atoms with E-state index in [1.54, 1.807) is 12.1 Å². The second kappa shape index (κ2) is 12.6. The largest absolute Gasteiger partial charge is 0.481 e. The van der Waals surface area contributed by atoms with Gasteiger partial charge in [0.15, 0.2) is 5.90 Å². The minimum absolute atomic E-state index is 0.0683. The van der Waals surface area contributed by atoms with E-state index in [0.29, 0.717) is 43.8 Å². The molecule has 33 heavy (non-hydrogen) atoms. The van der Waals surface area contributed by atoms with Crippen molar-refractivity contribution in [3.63, 3.8) is 0 Å². The van der Waals surface area contributed by atoms with E-state index in [-0.39, 0.29) is 37.1 Å². The number of rotatable bonds is 11. The van der Waals surface area contributed by atoms with Crippen molar-refractivity contribution in [2.45, 2.75) is 51.9 Å². The van der Waals surface area contributed by atoms with Crippen molar-refractivity contribution in [2.24, 2.45) is 10.9 Å². The zero-order chi connectivity index (χ0) is 24.4. The number of ether oxygens (including phenoxy) is 1. The molecule has 0 spiro atoms. The van der Waals surface area contributed by atoms with Gasteiger partial charge in [-0.1, -0.05) is 19.1 Å². The highest BCUT2D eigenvalue weighted by Gasteiger charge is 2.33. The minimum Gasteiger partial charge on any atom is -0.481 e. The summed E-state index contributed by atoms with van der Waals surface area (Å²) in [5.41, 5.74) is 1.19. The van der Waals surface area contributed by atoms with Crippen LogP contribution in [-0.2, 0) is 16.0 Å². The van der Waals surface area contributed by atoms with Crippen LogP contribution in [0, 0.1) is 11.7 Å². The molecule has 0 aromatic heterocycles. The molecule has 6 nitrogen and oxygen atoms in total. The number of hydrogen-bond acceptors (Lipinski definition) is 5. The van der Waals surface area contributed by atoms with Crippen molar-refractivity contribution in [3.8, 4) is 0 Å². The quantitative estimate of drug-likeness (QED) is 0.482. The Kier molecular flexibility index (Phi) is 10.2. The molecule has 0 aliphatic carbocycles. The van der Waals surface area contributed by atoms with E-state index < -0.39 is 18.4 Å². The van der Waals surface area contributed by atoms with Gasteiger partial charge in [0.25, 0.3) is 11.8 Å². The van der Waals surface area contributed by atoms with Crippen LogP contribution in [-0.4, -0.2) is 61.1 Å². The van der Waals surface area contributed by atoms with Crippen molar-refractivity contribution in [3.05, 3.63) is 47.0 Å². The molecule has 1 unspecified atom stereocenters. The first-order valence-electron chi connectivity index (χ1n) is 11.4. The van der Waals surface area contributed by atoms with Gasteiger partial charge in [-0.25, -0.2) is 13.2 Å². The van der Waals surface area contributed by atoms with Crippen LogP contribution in [0.1, 0.15) is 45.1 Å². The molecule has 0 fully saturated rings. The monoisotopic (exact) mass is 469 g/mol. The number of aliphatic hydroxyl groups is 1. The molecule has 1 amide bonds. The third-order valence-corrected chi connectivity index (χ3v) is 5.51. The zero-order valence-electron chi connectivity index (χ0n) is 19.5. The van der Waals surface area contributed by atoms with Gasteiger partial charge in [0.05, 0.1) is 18.7 Å². The SMILES string of the molecule is CCOC1=NC(N(C)CC(F)(F)CC)=C(C(=O)NCCCO)CCC1Cc1ccc(F)cc1. The molecule has 1 aliphatic heterocycles. The topological polar surface area (TPSA) is 74.2 Å². The Bertz CT molecular complexity index is 841. The minimum atomic E-state index is -2.94. The van der Waals surface area contributed by atoms with Gasteiger partial charge < -0.3 is 20.1 Å². The van der Waals surface area contributed by atoms with Gasteiger partial charge in [0.2, 0.25) is 0 Å². The molecule has 0 bridgehead atoms. The molecule has 0 radical (unpaired) electrons. The van der Waals surface area contributed by atoms with Gasteiger partial charge in [-0.2, -0.15) is 4.99 Å². The fourth-order valence-electron chi connectivity index (χ4n) is 3.66. The Hall–Kier alpha value is -2.55. The maximum Gasteiger partial charge on any atom is 0.265 e. The van der Waals surface area contributed by atoms with E-state index in [9.17, 15) is 18.0 Å². The molecule has 1 aliphatic rings. The molecule has 0 saturated carbocycles. The fraction of sp³-hybridized carbons (Fsp3) is 0.583. The van der Waals surface area contributed by atoms with Crippen LogP contribution in [0.4, 0.5) is 13.2 Å². The predicted molar refractivity (Wildman–Crippen MR) is 121 cm³/mol. The molecule has 0 saturated heterocycles. The van der Waals surface area contributed by atoms with Gasteiger partial charge in [-0.05, 0) is 50.3 Å². The zero-order valence-corrected chi connectivity index (χ0v) is 19.5. The van der Waals surface area contributed by atoms with Gasteiger partial charge in [-0.3, -0.25) is 4.79 Å². The van der Waals surface area contributed by atoms with Crippen LogP contribution in [0.25, 0.3) is 0 Å². The maximum absolute atomic E-state index is 14.2. The molecular weight excluding hydrogens is 435 g/mol. The number of benzene rings is 1. The fourth-order valence-corrected chi connectivity index (χ4v) is 3.66. The maximum atomic E-state index is 14.2. The third kappa shape index (κ3) is 8.07. The lowest BCUT2D eigenvalue weighted by Gasteiger charge is -2.26. The summed E-state index contributed by atoms with van der Waals surface area (Å²) in [7, 11) is 1.49. The van der Waals surface area contributed by atoms with Crippen LogP contribution < -0.4 is 5.32 Å². The van der Waals surface area contributed by atoms with Crippen molar-refractivity contribution < 1.29 is 27.8 Å². The van der Waals surface area contributed by atoms with E-state index in [1.807, 2.05) is 6.92 Å². The summed E-state index contributed by atoms with van der Waals surface area (Å²) in [6.45, 7) is 3.16. The number of amides is 1. The summed E-state index contributed by atoms with van der Waals surface area (Å²) in [5.74, 6) is -3.33. The highest BCUT2D eigenvalue weighted by Crippen LogP contribution is 2.30. The van der Waals surface area contributed by atoms with Gasteiger partial charge in [0, 0.05) is 32.5 Å². The molecule has 2 rings (SSSR count). The van der Waals surface area contributed by atoms with Crippen LogP contribution >= 0.6 is 0 Å². The Morgan fingerprint density at radius 2 is 2.00 bits per heavy atom. The number of carbonyl (C=O) groups is 1. The molecule has 2 N–H and O–H groups in total. The molecule has 1 aromatic rings. The Balaban J connectivity index is 2.40. The lowest BCUT2D eigenvalue weighted by Crippen LogP contribution is -2.36. The number of nitrogens with one attached hydrogen (secondary N) is 1. The van der Waals surface area contributed by atoms with Crippen molar-refractivity contribution >= 4 is 11.8 Å². The van der Waals surface area contributed by atoms with E-state index >= 15 is 0 Å². The summed E-state index contributed by atoms with van der Waals surface area (Å²) >= 11 is 0. The number of hydrogen-bond donors (Lipinski definition) is 2. The molecule has 1 aromatic carbocycles. The highest BCUT2D eigenvalue weighted by atomic mass is 19.3. The molecular formula is C24H34F3N3O3. The predicted octanol–water partition coefficient (Wildman–Crippen LogP) is 3.90. The lowest BCUT2D eigenvalue weighted by atomic mass is 9.93. The lowest BCUT2D eigenvalue weighted by molar-refractivity contribution is -0.117. The number of alkyl halides is 2.